The smallest absolute Gasteiger partial charge is 0.387 e. The van der Waals surface area contributed by atoms with Crippen molar-refractivity contribution in [3.8, 4) is 0 Å². The van der Waals surface area contributed by atoms with Crippen molar-refractivity contribution in [2.45, 2.75) is 315 Å². The Morgan fingerprint density at radius 2 is 0.779 bits per heavy atom. The summed E-state index contributed by atoms with van der Waals surface area (Å²) >= 11 is 0. The fourth-order valence-electron chi connectivity index (χ4n) is 9.60. The van der Waals surface area contributed by atoms with E-state index < -0.39 is 20.0 Å². The lowest BCUT2D eigenvalue weighted by Gasteiger charge is -2.25. The van der Waals surface area contributed by atoms with Crippen LogP contribution < -0.4 is 5.32 Å². The lowest BCUT2D eigenvalue weighted by molar-refractivity contribution is -0.870. The normalized spacial score (nSPS) is 14.2. The third-order valence-electron chi connectivity index (χ3n) is 14.7. The van der Waals surface area contributed by atoms with Gasteiger partial charge < -0.3 is 19.8 Å². The molecule has 8 nitrogen and oxygen atoms in total. The SMILES string of the molecule is CC/C=C\C/C=C\C/C=C\C/C=C\C/C=C\CCCCCCCCCCCCCCCCCCCC(=O)NC(COP(=O)(O)OCC[N+](C)(C)C)C(O)/C=C/CCCCCCCCCCCCCCCCCCCCCC. The highest BCUT2D eigenvalue weighted by atomic mass is 31.2. The topological polar surface area (TPSA) is 105 Å². The molecule has 0 fully saturated rings. The first-order valence-electron chi connectivity index (χ1n) is 32.8. The molecule has 450 valence electrons. The van der Waals surface area contributed by atoms with Crippen molar-refractivity contribution in [1.82, 2.24) is 5.32 Å². The molecule has 0 radical (unpaired) electrons. The van der Waals surface area contributed by atoms with Gasteiger partial charge in [-0.05, 0) is 64.2 Å². The summed E-state index contributed by atoms with van der Waals surface area (Å²) in [5.74, 6) is -0.174. The Balaban J connectivity index is 4.08. The van der Waals surface area contributed by atoms with Gasteiger partial charge in [-0.2, -0.15) is 0 Å². The molecule has 0 saturated carbocycles. The van der Waals surface area contributed by atoms with Crippen LogP contribution in [0, 0.1) is 0 Å². The van der Waals surface area contributed by atoms with Gasteiger partial charge in [0, 0.05) is 6.42 Å². The van der Waals surface area contributed by atoms with E-state index in [1.54, 1.807) is 6.08 Å². The van der Waals surface area contributed by atoms with Gasteiger partial charge in [-0.25, -0.2) is 4.57 Å². The number of aliphatic hydroxyl groups is 1. The summed E-state index contributed by atoms with van der Waals surface area (Å²) in [7, 11) is 1.58. The van der Waals surface area contributed by atoms with Crippen molar-refractivity contribution in [1.29, 1.82) is 0 Å². The zero-order valence-electron chi connectivity index (χ0n) is 51.4. The van der Waals surface area contributed by atoms with Gasteiger partial charge in [-0.3, -0.25) is 13.8 Å². The van der Waals surface area contributed by atoms with Crippen LogP contribution in [0.5, 0.6) is 0 Å². The maximum atomic E-state index is 13.0. The van der Waals surface area contributed by atoms with Crippen LogP contribution in [-0.2, 0) is 18.4 Å². The Hall–Kier alpha value is -2.06. The minimum Gasteiger partial charge on any atom is -0.387 e. The van der Waals surface area contributed by atoms with Crippen LogP contribution in [0.25, 0.3) is 0 Å². The number of aliphatic hydroxyl groups excluding tert-OH is 1. The quantitative estimate of drug-likeness (QED) is 0.0243. The van der Waals surface area contributed by atoms with Crippen LogP contribution >= 0.6 is 7.82 Å². The zero-order valence-corrected chi connectivity index (χ0v) is 52.3. The molecule has 0 aliphatic rings. The van der Waals surface area contributed by atoms with Gasteiger partial charge in [0.2, 0.25) is 5.91 Å². The Kier molecular flexibility index (Phi) is 57.0. The van der Waals surface area contributed by atoms with Gasteiger partial charge in [0.05, 0.1) is 39.9 Å². The monoisotopic (exact) mass is 1100 g/mol. The number of allylic oxidation sites excluding steroid dienone is 11. The Morgan fingerprint density at radius 3 is 1.14 bits per heavy atom. The number of likely N-dealkylation sites (N-methyl/N-ethyl adjacent to an activating group) is 1. The Morgan fingerprint density at radius 1 is 0.455 bits per heavy atom. The molecular weight excluding hydrogens is 972 g/mol. The van der Waals surface area contributed by atoms with Gasteiger partial charge >= 0.3 is 7.82 Å². The molecule has 0 spiro atoms. The average Bonchev–Trinajstić information content (AvgIpc) is 3.39. The highest BCUT2D eigenvalue weighted by Crippen LogP contribution is 2.43. The number of phosphoric acid groups is 1. The lowest BCUT2D eigenvalue weighted by Crippen LogP contribution is -2.45. The second kappa shape index (κ2) is 58.6. The molecule has 0 aromatic carbocycles. The third kappa shape index (κ3) is 61.4. The van der Waals surface area contributed by atoms with E-state index in [4.69, 9.17) is 9.05 Å². The second-order valence-corrected chi connectivity index (χ2v) is 24.9. The number of amides is 1. The predicted octanol–water partition coefficient (Wildman–Crippen LogP) is 20.6. The van der Waals surface area contributed by atoms with Crippen LogP contribution in [0.15, 0.2) is 72.9 Å². The number of phosphoric ester groups is 1. The van der Waals surface area contributed by atoms with Crippen molar-refractivity contribution < 1.29 is 32.9 Å². The van der Waals surface area contributed by atoms with E-state index in [0.717, 1.165) is 70.6 Å². The van der Waals surface area contributed by atoms with Gasteiger partial charge in [-0.1, -0.05) is 305 Å². The minimum absolute atomic E-state index is 0.0610. The van der Waals surface area contributed by atoms with Gasteiger partial charge in [0.25, 0.3) is 0 Å². The first-order chi connectivity index (χ1) is 37.5. The Bertz CT molecular complexity index is 1480. The molecule has 3 unspecified atom stereocenters. The van der Waals surface area contributed by atoms with Crippen molar-refractivity contribution in [3.05, 3.63) is 72.9 Å². The number of nitrogens with zero attached hydrogens (tertiary/aromatic N) is 1. The molecule has 1 amide bonds. The van der Waals surface area contributed by atoms with E-state index in [1.807, 2.05) is 27.2 Å². The first kappa shape index (κ1) is 74.9. The maximum absolute atomic E-state index is 13.0. The van der Waals surface area contributed by atoms with Gasteiger partial charge in [0.15, 0.2) is 0 Å². The summed E-state index contributed by atoms with van der Waals surface area (Å²) in [5.41, 5.74) is 0. The summed E-state index contributed by atoms with van der Waals surface area (Å²) in [6.07, 6.45) is 81.7. The largest absolute Gasteiger partial charge is 0.472 e. The molecule has 0 bridgehead atoms. The zero-order chi connectivity index (χ0) is 56.3. The average molecular weight is 1100 g/mol. The summed E-state index contributed by atoms with van der Waals surface area (Å²) in [6.45, 7) is 4.74. The summed E-state index contributed by atoms with van der Waals surface area (Å²) in [5, 5.41) is 14.0. The molecule has 0 aliphatic heterocycles. The second-order valence-electron chi connectivity index (χ2n) is 23.5. The van der Waals surface area contributed by atoms with E-state index >= 15 is 0 Å². The van der Waals surface area contributed by atoms with Crippen LogP contribution in [-0.4, -0.2) is 73.4 Å². The molecular formula is C68H128N2O6P+. The van der Waals surface area contributed by atoms with Crippen molar-refractivity contribution >= 4 is 13.7 Å². The Labute approximate surface area is 478 Å². The molecule has 9 heteroatoms. The van der Waals surface area contributed by atoms with Crippen molar-refractivity contribution in [2.24, 2.45) is 0 Å². The molecule has 3 N–H and O–H groups in total. The molecule has 0 aliphatic carbocycles. The first-order valence-corrected chi connectivity index (χ1v) is 34.3. The van der Waals surface area contributed by atoms with Crippen LogP contribution in [0.4, 0.5) is 0 Å². The maximum Gasteiger partial charge on any atom is 0.472 e. The third-order valence-corrected chi connectivity index (χ3v) is 15.7. The molecule has 0 heterocycles. The van der Waals surface area contributed by atoms with E-state index in [1.165, 1.54) is 212 Å². The standard InChI is InChI=1S/C68H127N2O6P/c1-6-8-10-12-14-16-18-20-22-24-26-28-30-31-32-33-34-35-36-37-38-39-40-42-44-46-48-50-52-54-56-58-60-62-68(72)69-66(65-76-77(73,74)75-64-63-70(3,4)5)67(71)61-59-57-55-53-51-49-47-45-43-41-29-27-25-23-21-19-17-15-13-11-9-7-2/h8,10,14,16,20,22,26,28,31-32,59,61,66-67,71H,6-7,9,11-13,15,17-19,21,23-25,27,29-30,33-58,60,62-65H2,1-5H3,(H-,69,72,73,74)/p+1/b10-8-,16-14-,22-20-,28-26-,32-31-,61-59+. The van der Waals surface area contributed by atoms with Gasteiger partial charge in [0.1, 0.15) is 13.2 Å². The van der Waals surface area contributed by atoms with Crippen molar-refractivity contribution in [2.75, 3.05) is 40.9 Å². The molecule has 0 aromatic rings. The summed E-state index contributed by atoms with van der Waals surface area (Å²) in [4.78, 5) is 23.4. The fraction of sp³-hybridized carbons (Fsp3) is 0.809. The fourth-order valence-corrected chi connectivity index (χ4v) is 10.3. The predicted molar refractivity (Wildman–Crippen MR) is 337 cm³/mol. The number of hydrogen-bond acceptors (Lipinski definition) is 5. The number of hydrogen-bond donors (Lipinski definition) is 3. The van der Waals surface area contributed by atoms with Gasteiger partial charge in [-0.15, -0.1) is 0 Å². The van der Waals surface area contributed by atoms with Crippen molar-refractivity contribution in [3.63, 3.8) is 0 Å². The number of quaternary nitrogens is 1. The molecule has 0 aromatic heterocycles. The number of carbonyl (C=O) groups is 1. The van der Waals surface area contributed by atoms with Crippen LogP contribution in [0.3, 0.4) is 0 Å². The summed E-state index contributed by atoms with van der Waals surface area (Å²) in [6, 6.07) is -0.849. The molecule has 77 heavy (non-hydrogen) atoms. The molecule has 0 rings (SSSR count). The molecule has 3 atom stereocenters. The van der Waals surface area contributed by atoms with E-state index in [0.29, 0.717) is 17.4 Å². The van der Waals surface area contributed by atoms with E-state index in [9.17, 15) is 19.4 Å². The highest BCUT2D eigenvalue weighted by molar-refractivity contribution is 7.47. The number of rotatable bonds is 60. The minimum atomic E-state index is -4.35. The van der Waals surface area contributed by atoms with E-state index in [2.05, 4.69) is 79.9 Å². The molecule has 0 saturated heterocycles. The van der Waals surface area contributed by atoms with Crippen LogP contribution in [0.2, 0.25) is 0 Å². The summed E-state index contributed by atoms with van der Waals surface area (Å²) < 4.78 is 23.8. The number of nitrogens with one attached hydrogen (secondary N) is 1. The lowest BCUT2D eigenvalue weighted by atomic mass is 10.0. The highest BCUT2D eigenvalue weighted by Gasteiger charge is 2.28. The van der Waals surface area contributed by atoms with E-state index in [-0.39, 0.29) is 19.1 Å². The number of carbonyl (C=O) groups excluding carboxylic acids is 1. The van der Waals surface area contributed by atoms with Crippen LogP contribution in [0.1, 0.15) is 303 Å². The number of unbranched alkanes of at least 4 members (excludes halogenated alkanes) is 37.